The molecule has 3 aromatic carbocycles. The molecule has 1 amide bonds. The van der Waals surface area contributed by atoms with Gasteiger partial charge in [0.1, 0.15) is 23.4 Å². The fraction of sp³-hybridized carbons (Fsp3) is 0.231. The second-order valence-electron chi connectivity index (χ2n) is 8.16. The van der Waals surface area contributed by atoms with Gasteiger partial charge in [-0.25, -0.2) is 4.79 Å². The van der Waals surface area contributed by atoms with Crippen LogP contribution in [0.15, 0.2) is 60.7 Å². The first-order valence-corrected chi connectivity index (χ1v) is 11.6. The van der Waals surface area contributed by atoms with Crippen molar-refractivity contribution in [2.24, 2.45) is 0 Å². The summed E-state index contributed by atoms with van der Waals surface area (Å²) in [6.45, 7) is 0.522. The fourth-order valence-corrected chi connectivity index (χ4v) is 3.98. The quantitative estimate of drug-likeness (QED) is 0.329. The first-order valence-electron chi connectivity index (χ1n) is 11.2. The van der Waals surface area contributed by atoms with E-state index >= 15 is 0 Å². The van der Waals surface area contributed by atoms with Gasteiger partial charge in [0.25, 0.3) is 5.91 Å². The summed E-state index contributed by atoms with van der Waals surface area (Å²) in [7, 11) is 0. The number of hydrogen-bond donors (Lipinski definition) is 2. The lowest BCUT2D eigenvalue weighted by atomic mass is 10.0. The molecular formula is C26H21ClF3NO6. The average Bonchev–Trinajstić information content (AvgIpc) is 2.85. The Hall–Kier alpha value is -3.92. The predicted molar refractivity (Wildman–Crippen MR) is 127 cm³/mol. The van der Waals surface area contributed by atoms with Crippen molar-refractivity contribution in [1.82, 2.24) is 5.32 Å². The molecule has 1 unspecified atom stereocenters. The summed E-state index contributed by atoms with van der Waals surface area (Å²) in [6, 6.07) is 14.2. The third-order valence-electron chi connectivity index (χ3n) is 5.62. The first kappa shape index (κ1) is 26.2. The monoisotopic (exact) mass is 535 g/mol. The van der Waals surface area contributed by atoms with E-state index in [2.05, 4.69) is 5.32 Å². The van der Waals surface area contributed by atoms with Gasteiger partial charge in [-0.1, -0.05) is 23.7 Å². The fourth-order valence-electron chi connectivity index (χ4n) is 3.76. The minimum absolute atomic E-state index is 0.230. The Morgan fingerprint density at radius 2 is 1.78 bits per heavy atom. The molecular weight excluding hydrogens is 515 g/mol. The van der Waals surface area contributed by atoms with Crippen molar-refractivity contribution in [3.05, 3.63) is 87.9 Å². The Morgan fingerprint density at radius 1 is 1.08 bits per heavy atom. The maximum absolute atomic E-state index is 12.7. The molecule has 2 N–H and O–H groups in total. The highest BCUT2D eigenvalue weighted by atomic mass is 35.5. The summed E-state index contributed by atoms with van der Waals surface area (Å²) in [5, 5.41) is 11.9. The summed E-state index contributed by atoms with van der Waals surface area (Å²) < 4.78 is 54.3. The number of hydrogen-bond acceptors (Lipinski definition) is 5. The Morgan fingerprint density at radius 3 is 2.43 bits per heavy atom. The van der Waals surface area contributed by atoms with Crippen molar-refractivity contribution < 1.29 is 42.1 Å². The number of halogens is 4. The lowest BCUT2D eigenvalue weighted by Crippen LogP contribution is -2.25. The van der Waals surface area contributed by atoms with Crippen LogP contribution in [0.1, 0.15) is 39.6 Å². The van der Waals surface area contributed by atoms with Gasteiger partial charge < -0.3 is 24.6 Å². The van der Waals surface area contributed by atoms with Crippen LogP contribution in [0.4, 0.5) is 18.0 Å². The Bertz CT molecular complexity index is 1280. The Kier molecular flexibility index (Phi) is 7.77. The topological polar surface area (TPSA) is 94.1 Å². The zero-order valence-electron chi connectivity index (χ0n) is 19.2. The lowest BCUT2D eigenvalue weighted by Gasteiger charge is -2.25. The molecule has 4 rings (SSSR count). The highest BCUT2D eigenvalue weighted by molar-refractivity contribution is 6.32. The number of carboxylic acid groups (broad SMARTS) is 1. The number of ether oxygens (including phenoxy) is 3. The molecule has 0 bridgehead atoms. The standard InChI is InChI=1S/C26H21ClF3NO6/c27-20-13-19-21(37-25(33)34)10-12-35-22(19)14-23(20)36-18-7-3-16(4-8-18)24(32)31-11-9-15-1-5-17(6-2-15)26(28,29)30/h1-8,13-14,21H,9-12H2,(H,31,32)(H,33,34). The van der Waals surface area contributed by atoms with Crippen LogP contribution in [0.3, 0.4) is 0 Å². The second kappa shape index (κ2) is 11.0. The van der Waals surface area contributed by atoms with Crippen LogP contribution in [0, 0.1) is 0 Å². The van der Waals surface area contributed by atoms with Crippen molar-refractivity contribution in [2.45, 2.75) is 25.1 Å². The van der Waals surface area contributed by atoms with Gasteiger partial charge in [0.2, 0.25) is 0 Å². The average molecular weight is 536 g/mol. The molecule has 0 saturated carbocycles. The van der Waals surface area contributed by atoms with E-state index in [-0.39, 0.29) is 29.8 Å². The molecule has 3 aromatic rings. The van der Waals surface area contributed by atoms with Crippen LogP contribution in [-0.2, 0) is 17.3 Å². The molecule has 1 heterocycles. The number of carbonyl (C=O) groups excluding carboxylic acids is 1. The number of benzene rings is 3. The van der Waals surface area contributed by atoms with Crippen molar-refractivity contribution in [3.63, 3.8) is 0 Å². The molecule has 11 heteroatoms. The summed E-state index contributed by atoms with van der Waals surface area (Å²) in [5.74, 6) is 0.742. The van der Waals surface area contributed by atoms with Gasteiger partial charge in [0.05, 0.1) is 17.2 Å². The third kappa shape index (κ3) is 6.65. The maximum atomic E-state index is 12.7. The van der Waals surface area contributed by atoms with Crippen LogP contribution in [0.25, 0.3) is 0 Å². The Labute approximate surface area is 214 Å². The number of alkyl halides is 3. The van der Waals surface area contributed by atoms with Crippen LogP contribution < -0.4 is 14.8 Å². The summed E-state index contributed by atoms with van der Waals surface area (Å²) in [5.41, 5.74) is 0.828. The molecule has 0 aromatic heterocycles. The SMILES string of the molecule is O=C(O)OC1CCOc2cc(Oc3ccc(C(=O)NCCc4ccc(C(F)(F)F)cc4)cc3)c(Cl)cc21. The molecule has 0 fully saturated rings. The highest BCUT2D eigenvalue weighted by Crippen LogP contribution is 2.42. The molecule has 1 aliphatic rings. The van der Waals surface area contributed by atoms with Crippen LogP contribution in [-0.4, -0.2) is 30.3 Å². The molecule has 1 atom stereocenters. The van der Waals surface area contributed by atoms with E-state index in [0.717, 1.165) is 12.1 Å². The minimum Gasteiger partial charge on any atom is -0.493 e. The van der Waals surface area contributed by atoms with Gasteiger partial charge in [-0.2, -0.15) is 13.2 Å². The number of carbonyl (C=O) groups is 2. The number of fused-ring (bicyclic) bond motifs is 1. The molecule has 0 radical (unpaired) electrons. The van der Waals surface area contributed by atoms with E-state index in [1.165, 1.54) is 18.2 Å². The van der Waals surface area contributed by atoms with Crippen LogP contribution in [0.5, 0.6) is 17.2 Å². The van der Waals surface area contributed by atoms with Gasteiger partial charge in [-0.15, -0.1) is 0 Å². The van der Waals surface area contributed by atoms with E-state index in [4.69, 9.17) is 30.9 Å². The maximum Gasteiger partial charge on any atom is 0.506 e. The van der Waals surface area contributed by atoms with E-state index < -0.39 is 24.0 Å². The molecule has 1 aliphatic heterocycles. The van der Waals surface area contributed by atoms with Crippen molar-refractivity contribution in [1.29, 1.82) is 0 Å². The molecule has 0 spiro atoms. The Balaban J connectivity index is 1.34. The minimum atomic E-state index is -4.39. The zero-order chi connectivity index (χ0) is 26.6. The summed E-state index contributed by atoms with van der Waals surface area (Å²) in [4.78, 5) is 23.3. The predicted octanol–water partition coefficient (Wildman–Crippen LogP) is 6.64. The van der Waals surface area contributed by atoms with Crippen LogP contribution >= 0.6 is 11.6 Å². The molecule has 37 heavy (non-hydrogen) atoms. The molecule has 0 saturated heterocycles. The molecule has 0 aliphatic carbocycles. The number of amides is 1. The largest absolute Gasteiger partial charge is 0.506 e. The van der Waals surface area contributed by atoms with Crippen molar-refractivity contribution in [2.75, 3.05) is 13.2 Å². The van der Waals surface area contributed by atoms with Gasteiger partial charge in [0, 0.05) is 30.2 Å². The van der Waals surface area contributed by atoms with Gasteiger partial charge in [0.15, 0.2) is 0 Å². The number of nitrogens with one attached hydrogen (secondary N) is 1. The van der Waals surface area contributed by atoms with Crippen LogP contribution in [0.2, 0.25) is 5.02 Å². The number of rotatable bonds is 7. The van der Waals surface area contributed by atoms with Gasteiger partial charge in [-0.3, -0.25) is 4.79 Å². The highest BCUT2D eigenvalue weighted by Gasteiger charge is 2.30. The van der Waals surface area contributed by atoms with E-state index in [1.807, 2.05) is 0 Å². The smallest absolute Gasteiger partial charge is 0.493 e. The van der Waals surface area contributed by atoms with Crippen molar-refractivity contribution in [3.8, 4) is 17.2 Å². The van der Waals surface area contributed by atoms with E-state index in [0.29, 0.717) is 41.0 Å². The van der Waals surface area contributed by atoms with E-state index in [1.54, 1.807) is 30.3 Å². The van der Waals surface area contributed by atoms with Crippen molar-refractivity contribution >= 4 is 23.7 Å². The normalized spacial score (nSPS) is 14.8. The summed E-state index contributed by atoms with van der Waals surface area (Å²) >= 11 is 6.33. The van der Waals surface area contributed by atoms with E-state index in [9.17, 15) is 22.8 Å². The van der Waals surface area contributed by atoms with Gasteiger partial charge >= 0.3 is 12.3 Å². The zero-order valence-corrected chi connectivity index (χ0v) is 19.9. The third-order valence-corrected chi connectivity index (χ3v) is 5.91. The van der Waals surface area contributed by atoms with Gasteiger partial charge in [-0.05, 0) is 54.4 Å². The first-order chi connectivity index (χ1) is 17.6. The molecule has 194 valence electrons. The molecule has 7 nitrogen and oxygen atoms in total. The lowest BCUT2D eigenvalue weighted by molar-refractivity contribution is -0.137. The second-order valence-corrected chi connectivity index (χ2v) is 8.56. The summed E-state index contributed by atoms with van der Waals surface area (Å²) in [6.07, 6.45) is -5.73.